The summed E-state index contributed by atoms with van der Waals surface area (Å²) in [6.07, 6.45) is 0. The lowest BCUT2D eigenvalue weighted by Crippen LogP contribution is -2.03. The molecule has 52 heavy (non-hydrogen) atoms. The molecule has 0 aliphatic heterocycles. The van der Waals surface area contributed by atoms with Crippen molar-refractivity contribution in [3.8, 4) is 17.1 Å². The molecule has 0 spiro atoms. The fourth-order valence-electron chi connectivity index (χ4n) is 8.90. The number of benzene rings is 8. The van der Waals surface area contributed by atoms with Crippen LogP contribution in [0.3, 0.4) is 0 Å². The van der Waals surface area contributed by atoms with E-state index in [1.54, 1.807) is 0 Å². The van der Waals surface area contributed by atoms with Gasteiger partial charge in [0.15, 0.2) is 0 Å². The van der Waals surface area contributed by atoms with Gasteiger partial charge in [-0.25, -0.2) is 0 Å². The molecule has 12 aromatic rings. The van der Waals surface area contributed by atoms with Gasteiger partial charge in [0.05, 0.1) is 49.9 Å². The van der Waals surface area contributed by atoms with E-state index in [1.807, 2.05) is 6.07 Å². The Bertz CT molecular complexity index is 3370. The molecule has 4 nitrogen and oxygen atoms in total. The van der Waals surface area contributed by atoms with E-state index < -0.39 is 0 Å². The Morgan fingerprint density at radius 3 is 1.44 bits per heavy atom. The molecule has 0 radical (unpaired) electrons. The minimum atomic E-state index is 0.910. The predicted octanol–water partition coefficient (Wildman–Crippen LogP) is 12.9. The molecule has 0 atom stereocenters. The van der Waals surface area contributed by atoms with E-state index in [0.717, 1.165) is 55.4 Å². The van der Waals surface area contributed by atoms with Crippen LogP contribution < -0.4 is 0 Å². The van der Waals surface area contributed by atoms with Gasteiger partial charge < -0.3 is 18.1 Å². The third kappa shape index (κ3) is 3.60. The molecular weight excluding hydrogens is 635 g/mol. The van der Waals surface area contributed by atoms with Gasteiger partial charge in [-0.3, -0.25) is 0 Å². The van der Waals surface area contributed by atoms with Crippen molar-refractivity contribution < 1.29 is 4.42 Å². The van der Waals surface area contributed by atoms with E-state index in [-0.39, 0.29) is 0 Å². The van der Waals surface area contributed by atoms with Crippen LogP contribution in [0.25, 0.3) is 104 Å². The van der Waals surface area contributed by atoms with E-state index in [1.165, 1.54) is 49.0 Å². The molecule has 4 heterocycles. The highest BCUT2D eigenvalue weighted by molar-refractivity contribution is 6.24. The van der Waals surface area contributed by atoms with Gasteiger partial charge in [-0.15, -0.1) is 0 Å². The molecule has 0 unspecified atom stereocenters. The molecule has 0 bridgehead atoms. The maximum atomic E-state index is 6.62. The third-order valence-electron chi connectivity index (χ3n) is 11.0. The van der Waals surface area contributed by atoms with Crippen molar-refractivity contribution in [2.75, 3.05) is 0 Å². The van der Waals surface area contributed by atoms with Gasteiger partial charge >= 0.3 is 0 Å². The fraction of sp³-hybridized carbons (Fsp3) is 0. The van der Waals surface area contributed by atoms with Crippen molar-refractivity contribution in [2.24, 2.45) is 0 Å². The summed E-state index contributed by atoms with van der Waals surface area (Å²) in [5.74, 6) is 0. The first-order valence-electron chi connectivity index (χ1n) is 17.8. The Morgan fingerprint density at radius 2 is 0.769 bits per heavy atom. The van der Waals surface area contributed by atoms with Gasteiger partial charge in [0, 0.05) is 43.4 Å². The van der Waals surface area contributed by atoms with Crippen molar-refractivity contribution in [1.29, 1.82) is 0 Å². The minimum absolute atomic E-state index is 0.910. The Balaban J connectivity index is 1.15. The van der Waals surface area contributed by atoms with Crippen LogP contribution in [0.4, 0.5) is 0 Å². The Labute approximate surface area is 297 Å². The van der Waals surface area contributed by atoms with E-state index in [0.29, 0.717) is 0 Å². The second kappa shape index (κ2) is 10.3. The molecule has 0 saturated heterocycles. The number of hydrogen-bond acceptors (Lipinski definition) is 1. The minimum Gasteiger partial charge on any atom is -0.455 e. The zero-order valence-corrected chi connectivity index (χ0v) is 28.0. The summed E-state index contributed by atoms with van der Waals surface area (Å²) in [5, 5.41) is 9.56. The van der Waals surface area contributed by atoms with Crippen LogP contribution in [-0.4, -0.2) is 13.7 Å². The summed E-state index contributed by atoms with van der Waals surface area (Å²) in [7, 11) is 0. The lowest BCUT2D eigenvalue weighted by Gasteiger charge is -2.16. The number of nitrogens with zero attached hydrogens (tertiary/aromatic N) is 3. The molecule has 0 aliphatic carbocycles. The molecule has 8 aromatic carbocycles. The molecule has 4 aromatic heterocycles. The summed E-state index contributed by atoms with van der Waals surface area (Å²) < 4.78 is 13.9. The first-order chi connectivity index (χ1) is 25.8. The van der Waals surface area contributed by atoms with Crippen molar-refractivity contribution in [1.82, 2.24) is 13.7 Å². The summed E-state index contributed by atoms with van der Waals surface area (Å²) in [6, 6.07) is 63.5. The fourth-order valence-corrected chi connectivity index (χ4v) is 8.90. The Hall–Kier alpha value is -7.04. The largest absolute Gasteiger partial charge is 0.455 e. The molecule has 0 N–H and O–H groups in total. The topological polar surface area (TPSA) is 27.9 Å². The highest BCUT2D eigenvalue weighted by Crippen LogP contribution is 2.43. The quantitative estimate of drug-likeness (QED) is 0.185. The first-order valence-corrected chi connectivity index (χ1v) is 17.8. The first kappa shape index (κ1) is 27.7. The van der Waals surface area contributed by atoms with E-state index in [2.05, 4.69) is 184 Å². The molecule has 0 amide bonds. The van der Waals surface area contributed by atoms with Gasteiger partial charge in [0.2, 0.25) is 0 Å². The number of fused-ring (bicyclic) bond motifs is 13. The predicted molar refractivity (Wildman–Crippen MR) is 217 cm³/mol. The number of furan rings is 1. The van der Waals surface area contributed by atoms with Crippen LogP contribution >= 0.6 is 0 Å². The van der Waals surface area contributed by atoms with Gasteiger partial charge in [-0.05, 0) is 72.8 Å². The van der Waals surface area contributed by atoms with Crippen molar-refractivity contribution in [2.45, 2.75) is 0 Å². The molecule has 4 heteroatoms. The highest BCUT2D eigenvalue weighted by Gasteiger charge is 2.22. The van der Waals surface area contributed by atoms with Gasteiger partial charge in [-0.2, -0.15) is 0 Å². The molecular formula is C48H29N3O. The smallest absolute Gasteiger partial charge is 0.145 e. The van der Waals surface area contributed by atoms with E-state index in [9.17, 15) is 0 Å². The van der Waals surface area contributed by atoms with Crippen LogP contribution in [0.2, 0.25) is 0 Å². The number of hydrogen-bond donors (Lipinski definition) is 0. The van der Waals surface area contributed by atoms with Crippen LogP contribution in [-0.2, 0) is 0 Å². The molecule has 12 rings (SSSR count). The second-order valence-corrected chi connectivity index (χ2v) is 13.7. The third-order valence-corrected chi connectivity index (χ3v) is 11.0. The molecule has 0 fully saturated rings. The van der Waals surface area contributed by atoms with Crippen molar-refractivity contribution in [3.05, 3.63) is 176 Å². The second-order valence-electron chi connectivity index (χ2n) is 13.7. The average molecular weight is 664 g/mol. The zero-order chi connectivity index (χ0) is 33.9. The summed E-state index contributed by atoms with van der Waals surface area (Å²) in [5.41, 5.74) is 12.2. The van der Waals surface area contributed by atoms with Gasteiger partial charge in [0.1, 0.15) is 11.2 Å². The van der Waals surface area contributed by atoms with Crippen LogP contribution in [0.5, 0.6) is 0 Å². The lowest BCUT2D eigenvalue weighted by atomic mass is 10.1. The summed E-state index contributed by atoms with van der Waals surface area (Å²) in [6.45, 7) is 0. The normalized spacial score (nSPS) is 12.2. The molecule has 0 aliphatic rings. The van der Waals surface area contributed by atoms with E-state index in [4.69, 9.17) is 4.42 Å². The Morgan fingerprint density at radius 1 is 0.308 bits per heavy atom. The van der Waals surface area contributed by atoms with Crippen LogP contribution in [0, 0.1) is 0 Å². The standard InChI is InChI=1S/C48H29N3O/c1-6-18-38-31(13-1)32-14-2-7-19-39(32)49(38)30-25-27-42-37(29-30)33-15-3-8-20-40(33)50(42)43-22-10-11-23-44(43)51-41-21-9-4-17-36(41)47-45(51)28-26-35-34-16-5-12-24-46(34)52-48(35)47/h1-29H. The van der Waals surface area contributed by atoms with Gasteiger partial charge in [0.25, 0.3) is 0 Å². The lowest BCUT2D eigenvalue weighted by molar-refractivity contribution is 0.673. The van der Waals surface area contributed by atoms with Crippen molar-refractivity contribution >= 4 is 87.4 Å². The number of para-hydroxylation sites is 7. The van der Waals surface area contributed by atoms with Crippen LogP contribution in [0.1, 0.15) is 0 Å². The summed E-state index contributed by atoms with van der Waals surface area (Å²) in [4.78, 5) is 0. The number of rotatable bonds is 3. The summed E-state index contributed by atoms with van der Waals surface area (Å²) >= 11 is 0. The van der Waals surface area contributed by atoms with Crippen LogP contribution in [0.15, 0.2) is 180 Å². The highest BCUT2D eigenvalue weighted by atomic mass is 16.3. The maximum Gasteiger partial charge on any atom is 0.145 e. The molecule has 242 valence electrons. The van der Waals surface area contributed by atoms with Crippen molar-refractivity contribution in [3.63, 3.8) is 0 Å². The SMILES string of the molecule is c1ccc(-n2c3ccccc3c3c4oc5ccccc5c4ccc32)c(-n2c3ccccc3c3cc(-n4c5ccccc5c5ccccc54)ccc32)c1. The number of aromatic nitrogens is 3. The molecule has 0 saturated carbocycles. The monoisotopic (exact) mass is 663 g/mol. The van der Waals surface area contributed by atoms with E-state index >= 15 is 0 Å². The average Bonchev–Trinajstić information content (AvgIpc) is 3.94. The Kier molecular flexibility index (Phi) is 5.47. The maximum absolute atomic E-state index is 6.62. The zero-order valence-electron chi connectivity index (χ0n) is 28.0. The van der Waals surface area contributed by atoms with Gasteiger partial charge in [-0.1, -0.05) is 103 Å².